The Morgan fingerprint density at radius 2 is 1.88 bits per heavy atom. The summed E-state index contributed by atoms with van der Waals surface area (Å²) < 4.78 is 25.7. The molecule has 0 saturated heterocycles. The molecule has 16 heavy (non-hydrogen) atoms. The predicted octanol–water partition coefficient (Wildman–Crippen LogP) is 2.15. The SMILES string of the molecule is C#CCCCCNS(=O)(=O)CCC(C)(C)C. The molecule has 0 spiro atoms. The fraction of sp³-hybridized carbons (Fsp3) is 0.833. The van der Waals surface area contributed by atoms with E-state index in [4.69, 9.17) is 6.42 Å². The fourth-order valence-corrected chi connectivity index (χ4v) is 2.57. The fourth-order valence-electron chi connectivity index (χ4n) is 1.09. The topological polar surface area (TPSA) is 46.2 Å². The second-order valence-corrected chi connectivity index (χ2v) is 7.11. The van der Waals surface area contributed by atoms with Gasteiger partial charge in [0.2, 0.25) is 10.0 Å². The summed E-state index contributed by atoms with van der Waals surface area (Å²) in [5.74, 6) is 2.73. The lowest BCUT2D eigenvalue weighted by atomic mass is 9.94. The Morgan fingerprint density at radius 3 is 2.38 bits per heavy atom. The van der Waals surface area contributed by atoms with Crippen LogP contribution in [0.5, 0.6) is 0 Å². The molecule has 0 fully saturated rings. The first-order valence-corrected chi connectivity index (χ1v) is 7.33. The zero-order chi connectivity index (χ0) is 12.7. The molecule has 1 N–H and O–H groups in total. The minimum atomic E-state index is -3.10. The highest BCUT2D eigenvalue weighted by Gasteiger charge is 2.16. The van der Waals surface area contributed by atoms with Crippen LogP contribution in [-0.2, 0) is 10.0 Å². The Hall–Kier alpha value is -0.530. The smallest absolute Gasteiger partial charge is 0.211 e. The van der Waals surface area contributed by atoms with E-state index >= 15 is 0 Å². The minimum absolute atomic E-state index is 0.0538. The molecule has 0 aromatic carbocycles. The van der Waals surface area contributed by atoms with Crippen LogP contribution in [0.2, 0.25) is 0 Å². The molecule has 0 atom stereocenters. The van der Waals surface area contributed by atoms with E-state index in [1.807, 2.05) is 20.8 Å². The second kappa shape index (κ2) is 6.93. The van der Waals surface area contributed by atoms with Crippen LogP contribution in [0, 0.1) is 17.8 Å². The summed E-state index contributed by atoms with van der Waals surface area (Å²) in [7, 11) is -3.10. The van der Waals surface area contributed by atoms with Crippen molar-refractivity contribution >= 4 is 10.0 Å². The summed E-state index contributed by atoms with van der Waals surface area (Å²) in [4.78, 5) is 0. The molecule has 0 radical (unpaired) electrons. The van der Waals surface area contributed by atoms with Crippen molar-refractivity contribution in [2.75, 3.05) is 12.3 Å². The van der Waals surface area contributed by atoms with Crippen LogP contribution in [0.15, 0.2) is 0 Å². The van der Waals surface area contributed by atoms with E-state index in [1.54, 1.807) is 0 Å². The number of sulfonamides is 1. The third-order valence-corrected chi connectivity index (χ3v) is 3.58. The number of hydrogen-bond acceptors (Lipinski definition) is 2. The van der Waals surface area contributed by atoms with E-state index in [1.165, 1.54) is 0 Å². The average molecular weight is 245 g/mol. The lowest BCUT2D eigenvalue weighted by Gasteiger charge is -2.17. The molecule has 0 aliphatic rings. The van der Waals surface area contributed by atoms with Gasteiger partial charge in [-0.3, -0.25) is 0 Å². The molecular formula is C12H23NO2S. The molecule has 0 unspecified atom stereocenters. The van der Waals surface area contributed by atoms with E-state index < -0.39 is 10.0 Å². The van der Waals surface area contributed by atoms with Crippen LogP contribution in [0.3, 0.4) is 0 Å². The molecule has 0 rings (SSSR count). The van der Waals surface area contributed by atoms with Crippen molar-refractivity contribution < 1.29 is 8.42 Å². The van der Waals surface area contributed by atoms with Gasteiger partial charge in [-0.1, -0.05) is 20.8 Å². The molecular weight excluding hydrogens is 222 g/mol. The summed E-state index contributed by atoms with van der Waals surface area (Å²) in [6, 6.07) is 0. The van der Waals surface area contributed by atoms with Crippen molar-refractivity contribution in [1.82, 2.24) is 4.72 Å². The van der Waals surface area contributed by atoms with Gasteiger partial charge in [0.1, 0.15) is 0 Å². The maximum Gasteiger partial charge on any atom is 0.211 e. The monoisotopic (exact) mass is 245 g/mol. The Bertz CT molecular complexity index is 320. The van der Waals surface area contributed by atoms with Gasteiger partial charge < -0.3 is 0 Å². The van der Waals surface area contributed by atoms with Gasteiger partial charge >= 0.3 is 0 Å². The number of rotatable bonds is 7. The van der Waals surface area contributed by atoms with Gasteiger partial charge in [-0.15, -0.1) is 12.3 Å². The predicted molar refractivity (Wildman–Crippen MR) is 68.5 cm³/mol. The largest absolute Gasteiger partial charge is 0.215 e. The van der Waals surface area contributed by atoms with E-state index in [0.717, 1.165) is 12.8 Å². The van der Waals surface area contributed by atoms with E-state index in [2.05, 4.69) is 10.6 Å². The van der Waals surface area contributed by atoms with Crippen LogP contribution in [0.25, 0.3) is 0 Å². The third kappa shape index (κ3) is 10.0. The van der Waals surface area contributed by atoms with Gasteiger partial charge in [-0.2, -0.15) is 0 Å². The van der Waals surface area contributed by atoms with Gasteiger partial charge in [0.25, 0.3) is 0 Å². The Labute approximate surface area is 100 Å². The van der Waals surface area contributed by atoms with E-state index in [0.29, 0.717) is 19.4 Å². The summed E-state index contributed by atoms with van der Waals surface area (Å²) in [6.07, 6.45) is 8.17. The molecule has 0 aliphatic carbocycles. The van der Waals surface area contributed by atoms with Gasteiger partial charge in [0, 0.05) is 13.0 Å². The molecule has 0 bridgehead atoms. The van der Waals surface area contributed by atoms with E-state index in [-0.39, 0.29) is 11.2 Å². The highest BCUT2D eigenvalue weighted by atomic mass is 32.2. The summed E-state index contributed by atoms with van der Waals surface area (Å²) in [6.45, 7) is 6.61. The molecule has 94 valence electrons. The van der Waals surface area contributed by atoms with Crippen molar-refractivity contribution in [3.8, 4) is 12.3 Å². The summed E-state index contributed by atoms with van der Waals surface area (Å²) in [5, 5.41) is 0. The molecule has 0 aliphatic heterocycles. The van der Waals surface area contributed by atoms with Crippen molar-refractivity contribution in [3.63, 3.8) is 0 Å². The second-order valence-electron chi connectivity index (χ2n) is 5.19. The first-order chi connectivity index (χ1) is 7.27. The molecule has 3 nitrogen and oxygen atoms in total. The average Bonchev–Trinajstić information content (AvgIpc) is 2.14. The first-order valence-electron chi connectivity index (χ1n) is 5.68. The zero-order valence-electron chi connectivity index (χ0n) is 10.5. The molecule has 0 heterocycles. The minimum Gasteiger partial charge on any atom is -0.215 e. The molecule has 0 amide bonds. The van der Waals surface area contributed by atoms with Crippen LogP contribution < -0.4 is 4.72 Å². The lowest BCUT2D eigenvalue weighted by molar-refractivity contribution is 0.396. The van der Waals surface area contributed by atoms with Crippen LogP contribution in [-0.4, -0.2) is 20.7 Å². The number of unbranched alkanes of at least 4 members (excludes halogenated alkanes) is 2. The maximum absolute atomic E-state index is 11.6. The van der Waals surface area contributed by atoms with Crippen LogP contribution in [0.4, 0.5) is 0 Å². The molecule has 4 heteroatoms. The number of terminal acetylenes is 1. The van der Waals surface area contributed by atoms with Gasteiger partial charge in [0.15, 0.2) is 0 Å². The number of hydrogen-bond donors (Lipinski definition) is 1. The summed E-state index contributed by atoms with van der Waals surface area (Å²) in [5.41, 5.74) is 0.0538. The van der Waals surface area contributed by atoms with Gasteiger partial charge in [-0.25, -0.2) is 13.1 Å². The summed E-state index contributed by atoms with van der Waals surface area (Å²) >= 11 is 0. The Kier molecular flexibility index (Phi) is 6.70. The highest BCUT2D eigenvalue weighted by Crippen LogP contribution is 2.18. The zero-order valence-corrected chi connectivity index (χ0v) is 11.4. The van der Waals surface area contributed by atoms with Gasteiger partial charge in [0.05, 0.1) is 5.75 Å². The van der Waals surface area contributed by atoms with E-state index in [9.17, 15) is 8.42 Å². The van der Waals surface area contributed by atoms with Gasteiger partial charge in [-0.05, 0) is 24.7 Å². The maximum atomic E-state index is 11.6. The van der Waals surface area contributed by atoms with Crippen LogP contribution >= 0.6 is 0 Å². The molecule has 0 saturated carbocycles. The highest BCUT2D eigenvalue weighted by molar-refractivity contribution is 7.89. The normalized spacial score (nSPS) is 12.4. The van der Waals surface area contributed by atoms with Crippen molar-refractivity contribution in [3.05, 3.63) is 0 Å². The molecule has 0 aromatic heterocycles. The lowest BCUT2D eigenvalue weighted by Crippen LogP contribution is -2.29. The Morgan fingerprint density at radius 1 is 1.25 bits per heavy atom. The van der Waals surface area contributed by atoms with Crippen molar-refractivity contribution in [2.24, 2.45) is 5.41 Å². The van der Waals surface area contributed by atoms with Crippen LogP contribution in [0.1, 0.15) is 46.5 Å². The first kappa shape index (κ1) is 15.5. The van der Waals surface area contributed by atoms with Crippen molar-refractivity contribution in [2.45, 2.75) is 46.5 Å². The Balaban J connectivity index is 3.77. The molecule has 0 aromatic rings. The third-order valence-electron chi connectivity index (χ3n) is 2.19. The quantitative estimate of drug-likeness (QED) is 0.552. The standard InChI is InChI=1S/C12H23NO2S/c1-5-6-7-8-10-13-16(14,15)11-9-12(2,3)4/h1,13H,6-11H2,2-4H3. The van der Waals surface area contributed by atoms with Crippen molar-refractivity contribution in [1.29, 1.82) is 0 Å². The number of nitrogens with one attached hydrogen (secondary N) is 1.